The van der Waals surface area contributed by atoms with E-state index in [2.05, 4.69) is 51.4 Å². The van der Waals surface area contributed by atoms with Crippen molar-refractivity contribution in [2.24, 2.45) is 0 Å². The predicted octanol–water partition coefficient (Wildman–Crippen LogP) is 14.9. The minimum Gasteiger partial charge on any atom is -0.356 e. The largest absolute Gasteiger partial charge is 0.356 e. The number of unbranched alkanes of at least 4 members (excludes halogenated alkanes) is 33. The van der Waals surface area contributed by atoms with Gasteiger partial charge in [0.05, 0.1) is 0 Å². The highest BCUT2D eigenvalue weighted by Crippen LogP contribution is 2.22. The fourth-order valence-electron chi connectivity index (χ4n) is 9.65. The molecule has 11 heteroatoms. The molecule has 0 aromatic rings. The zero-order valence-electron chi connectivity index (χ0n) is 46.9. The molecule has 414 valence electrons. The van der Waals surface area contributed by atoms with Crippen molar-refractivity contribution in [2.45, 2.75) is 271 Å². The van der Waals surface area contributed by atoms with Crippen LogP contribution in [0.25, 0.3) is 0 Å². The first-order chi connectivity index (χ1) is 34.5. The molecule has 0 unspecified atom stereocenters. The van der Waals surface area contributed by atoms with Crippen LogP contribution in [0, 0.1) is 0 Å². The van der Waals surface area contributed by atoms with E-state index in [1.54, 1.807) is 0 Å². The Labute approximate surface area is 443 Å². The molecule has 70 heavy (non-hydrogen) atoms. The SMILES string of the molecule is CCCCCCCCCCCCCCNC(=O)CCN(CCSSCCN1CCN(CCC(=O)NCCCCCCCCCCCCCC)CC1)CCC(=O)NCCCCCCCCCCCCCC. The number of amides is 3. The summed E-state index contributed by atoms with van der Waals surface area (Å²) in [5.74, 6) is 2.56. The van der Waals surface area contributed by atoms with Crippen LogP contribution < -0.4 is 16.0 Å². The summed E-state index contributed by atoms with van der Waals surface area (Å²) in [6.07, 6.45) is 49.5. The first-order valence-electron chi connectivity index (χ1n) is 30.7. The number of rotatable bonds is 55. The molecular weight excluding hydrogens is 905 g/mol. The lowest BCUT2D eigenvalue weighted by Gasteiger charge is -2.34. The number of hydrogen-bond acceptors (Lipinski definition) is 8. The Bertz CT molecular complexity index is 1080. The number of piperazine rings is 1. The molecule has 9 nitrogen and oxygen atoms in total. The van der Waals surface area contributed by atoms with Crippen LogP contribution in [0.2, 0.25) is 0 Å². The van der Waals surface area contributed by atoms with E-state index >= 15 is 0 Å². The summed E-state index contributed by atoms with van der Waals surface area (Å²) in [7, 11) is 3.87. The van der Waals surface area contributed by atoms with E-state index in [4.69, 9.17) is 0 Å². The van der Waals surface area contributed by atoms with Gasteiger partial charge in [0.25, 0.3) is 0 Å². The highest BCUT2D eigenvalue weighted by Gasteiger charge is 2.18. The monoisotopic (exact) mass is 1020 g/mol. The molecular formula is C59H118N6O3S2. The molecule has 1 saturated heterocycles. The first-order valence-corrected chi connectivity index (χ1v) is 33.2. The van der Waals surface area contributed by atoms with Gasteiger partial charge >= 0.3 is 0 Å². The van der Waals surface area contributed by atoms with Crippen molar-refractivity contribution in [1.82, 2.24) is 30.7 Å². The molecule has 1 rings (SSSR count). The van der Waals surface area contributed by atoms with Gasteiger partial charge in [-0.15, -0.1) is 0 Å². The van der Waals surface area contributed by atoms with Crippen molar-refractivity contribution < 1.29 is 14.4 Å². The second-order valence-corrected chi connectivity index (χ2v) is 23.8. The van der Waals surface area contributed by atoms with Gasteiger partial charge in [0.15, 0.2) is 0 Å². The molecule has 0 aromatic carbocycles. The first kappa shape index (κ1) is 67.0. The van der Waals surface area contributed by atoms with Gasteiger partial charge in [-0.2, -0.15) is 0 Å². The molecule has 0 bridgehead atoms. The van der Waals surface area contributed by atoms with Crippen molar-refractivity contribution >= 4 is 39.3 Å². The fourth-order valence-corrected chi connectivity index (χ4v) is 11.7. The van der Waals surface area contributed by atoms with E-state index in [1.807, 2.05) is 21.6 Å². The summed E-state index contributed by atoms with van der Waals surface area (Å²) in [5.41, 5.74) is 0. The minimum absolute atomic E-state index is 0.139. The van der Waals surface area contributed by atoms with Crippen molar-refractivity contribution in [3.63, 3.8) is 0 Å². The van der Waals surface area contributed by atoms with Crippen molar-refractivity contribution in [3.8, 4) is 0 Å². The zero-order chi connectivity index (χ0) is 50.5. The van der Waals surface area contributed by atoms with Crippen LogP contribution in [0.15, 0.2) is 0 Å². The van der Waals surface area contributed by atoms with Crippen LogP contribution in [0.5, 0.6) is 0 Å². The van der Waals surface area contributed by atoms with E-state index in [9.17, 15) is 14.4 Å². The molecule has 1 aliphatic rings. The van der Waals surface area contributed by atoms with Crippen LogP contribution in [0.1, 0.15) is 271 Å². The Kier molecular flexibility index (Phi) is 51.9. The quantitative estimate of drug-likeness (QED) is 0.0410. The molecule has 0 radical (unpaired) electrons. The Morgan fingerprint density at radius 3 is 0.943 bits per heavy atom. The Morgan fingerprint density at radius 2 is 0.614 bits per heavy atom. The molecule has 3 amide bonds. The van der Waals surface area contributed by atoms with Crippen LogP contribution >= 0.6 is 21.6 Å². The zero-order valence-corrected chi connectivity index (χ0v) is 48.5. The summed E-state index contributed by atoms with van der Waals surface area (Å²) in [5, 5.41) is 9.52. The van der Waals surface area contributed by atoms with Gasteiger partial charge in [0.2, 0.25) is 17.7 Å². The lowest BCUT2D eigenvalue weighted by molar-refractivity contribution is -0.122. The number of hydrogen-bond donors (Lipinski definition) is 3. The smallest absolute Gasteiger partial charge is 0.221 e. The number of nitrogens with zero attached hydrogens (tertiary/aromatic N) is 3. The molecule has 3 N–H and O–H groups in total. The molecule has 0 aromatic heterocycles. The topological polar surface area (TPSA) is 97.0 Å². The van der Waals surface area contributed by atoms with Gasteiger partial charge in [-0.25, -0.2) is 0 Å². The van der Waals surface area contributed by atoms with Crippen molar-refractivity contribution in [3.05, 3.63) is 0 Å². The summed E-state index contributed by atoms with van der Waals surface area (Å²) in [6, 6.07) is 0. The van der Waals surface area contributed by atoms with Crippen LogP contribution in [-0.2, 0) is 14.4 Å². The van der Waals surface area contributed by atoms with Gasteiger partial charge < -0.3 is 25.8 Å². The van der Waals surface area contributed by atoms with E-state index in [-0.39, 0.29) is 17.7 Å². The maximum absolute atomic E-state index is 12.9. The van der Waals surface area contributed by atoms with Crippen LogP contribution in [0.4, 0.5) is 0 Å². The number of carbonyl (C=O) groups is 3. The predicted molar refractivity (Wildman–Crippen MR) is 310 cm³/mol. The molecule has 1 fully saturated rings. The van der Waals surface area contributed by atoms with Gasteiger partial charge in [-0.3, -0.25) is 19.3 Å². The lowest BCUT2D eigenvalue weighted by atomic mass is 10.1. The number of carbonyl (C=O) groups excluding carboxylic acids is 3. The average molecular weight is 1020 g/mol. The molecule has 0 saturated carbocycles. The van der Waals surface area contributed by atoms with Crippen molar-refractivity contribution in [1.29, 1.82) is 0 Å². The highest BCUT2D eigenvalue weighted by atomic mass is 33.1. The lowest BCUT2D eigenvalue weighted by Crippen LogP contribution is -2.47. The molecule has 1 aliphatic heterocycles. The van der Waals surface area contributed by atoms with E-state index in [0.717, 1.165) is 96.2 Å². The maximum atomic E-state index is 12.9. The van der Waals surface area contributed by atoms with Gasteiger partial charge in [-0.1, -0.05) is 254 Å². The summed E-state index contributed by atoms with van der Waals surface area (Å²) in [6.45, 7) is 17.7. The summed E-state index contributed by atoms with van der Waals surface area (Å²) >= 11 is 0. The Hall–Kier alpha value is -1.01. The summed E-state index contributed by atoms with van der Waals surface area (Å²) in [4.78, 5) is 45.6. The maximum Gasteiger partial charge on any atom is 0.221 e. The second-order valence-electron chi connectivity index (χ2n) is 21.1. The van der Waals surface area contributed by atoms with Crippen molar-refractivity contribution in [2.75, 3.05) is 90.0 Å². The van der Waals surface area contributed by atoms with E-state index in [0.29, 0.717) is 32.4 Å². The molecule has 1 heterocycles. The van der Waals surface area contributed by atoms with E-state index < -0.39 is 0 Å². The second kappa shape index (κ2) is 54.3. The number of nitrogens with one attached hydrogen (secondary N) is 3. The van der Waals surface area contributed by atoms with Gasteiger partial charge in [-0.05, 0) is 19.3 Å². The third kappa shape index (κ3) is 48.0. The molecule has 0 spiro atoms. The minimum atomic E-state index is 0.139. The van der Waals surface area contributed by atoms with Gasteiger partial charge in [0, 0.05) is 109 Å². The fraction of sp³-hybridized carbons (Fsp3) is 0.949. The third-order valence-corrected chi connectivity index (χ3v) is 16.9. The van der Waals surface area contributed by atoms with Crippen LogP contribution in [0.3, 0.4) is 0 Å². The van der Waals surface area contributed by atoms with E-state index in [1.165, 1.54) is 212 Å². The third-order valence-electron chi connectivity index (χ3n) is 14.6. The van der Waals surface area contributed by atoms with Crippen LogP contribution in [-0.4, -0.2) is 122 Å². The average Bonchev–Trinajstić information content (AvgIpc) is 3.37. The Balaban J connectivity index is 2.23. The molecule has 0 atom stereocenters. The standard InChI is InChI=1S/C59H118N6O3S2/c1-4-7-10-13-16-19-22-25-28-31-34-37-43-60-57(66)40-46-63(47-41-58(67)61-44-38-35-32-29-26-23-20-17-14-11-8-5-2)53-55-69-70-56-54-65-51-49-64(50-52-65)48-42-59(68)62-45-39-36-33-30-27-24-21-18-15-12-9-6-3/h4-56H2,1-3H3,(H,60,66)(H,61,67)(H,62,68). The highest BCUT2D eigenvalue weighted by molar-refractivity contribution is 8.76. The summed E-state index contributed by atoms with van der Waals surface area (Å²) < 4.78 is 0. The van der Waals surface area contributed by atoms with Gasteiger partial charge in [0.1, 0.15) is 0 Å². The molecule has 0 aliphatic carbocycles. The normalized spacial score (nSPS) is 13.4. The Morgan fingerprint density at radius 1 is 0.343 bits per heavy atom.